The van der Waals surface area contributed by atoms with Gasteiger partial charge in [-0.1, -0.05) is 29.3 Å². The number of oxazole rings is 1. The fourth-order valence-electron chi connectivity index (χ4n) is 3.23. The summed E-state index contributed by atoms with van der Waals surface area (Å²) in [5, 5.41) is 3.62. The van der Waals surface area contributed by atoms with Gasteiger partial charge >= 0.3 is 0 Å². The highest BCUT2D eigenvalue weighted by Crippen LogP contribution is 2.29. The van der Waals surface area contributed by atoms with Gasteiger partial charge in [-0.2, -0.15) is 0 Å². The Balaban J connectivity index is 1.47. The molecule has 1 aliphatic heterocycles. The van der Waals surface area contributed by atoms with E-state index in [1.54, 1.807) is 24.3 Å². The van der Waals surface area contributed by atoms with Crippen LogP contribution >= 0.6 is 23.2 Å². The summed E-state index contributed by atoms with van der Waals surface area (Å²) in [6.07, 6.45) is 1.63. The van der Waals surface area contributed by atoms with E-state index in [0.717, 1.165) is 5.56 Å². The van der Waals surface area contributed by atoms with Gasteiger partial charge < -0.3 is 14.5 Å². The van der Waals surface area contributed by atoms with Crippen molar-refractivity contribution < 1.29 is 22.7 Å². The third kappa shape index (κ3) is 5.05. The summed E-state index contributed by atoms with van der Waals surface area (Å²) in [5.41, 5.74) is 2.46. The van der Waals surface area contributed by atoms with Gasteiger partial charge in [-0.15, -0.1) is 0 Å². The molecular formula is C21H16Cl2F2N4O3. The first-order chi connectivity index (χ1) is 15.4. The highest BCUT2D eigenvalue weighted by molar-refractivity contribution is 6.42. The van der Waals surface area contributed by atoms with Crippen LogP contribution in [0.1, 0.15) is 34.2 Å². The Morgan fingerprint density at radius 1 is 1.22 bits per heavy atom. The van der Waals surface area contributed by atoms with Crippen LogP contribution in [0.25, 0.3) is 0 Å². The van der Waals surface area contributed by atoms with E-state index in [-0.39, 0.29) is 24.8 Å². The van der Waals surface area contributed by atoms with Crippen molar-refractivity contribution in [3.8, 4) is 0 Å². The molecule has 1 atom stereocenters. The number of halogens is 4. The van der Waals surface area contributed by atoms with Crippen LogP contribution in [0.15, 0.2) is 52.5 Å². The van der Waals surface area contributed by atoms with Gasteiger partial charge in [0, 0.05) is 6.20 Å². The molecule has 0 aliphatic carbocycles. The van der Waals surface area contributed by atoms with E-state index in [4.69, 9.17) is 32.4 Å². The molecule has 7 nitrogen and oxygen atoms in total. The summed E-state index contributed by atoms with van der Waals surface area (Å²) >= 11 is 12.1. The topological polar surface area (TPSA) is 89.6 Å². The Hall–Kier alpha value is -3.04. The Morgan fingerprint density at radius 2 is 2.06 bits per heavy atom. The molecule has 11 heteroatoms. The van der Waals surface area contributed by atoms with Crippen molar-refractivity contribution in [2.75, 3.05) is 6.61 Å². The zero-order valence-corrected chi connectivity index (χ0v) is 17.9. The number of alkyl halides is 2. The molecule has 1 N–H and O–H groups in total. The van der Waals surface area contributed by atoms with E-state index < -0.39 is 19.1 Å². The number of aliphatic imine (C=N–C) groups is 1. The van der Waals surface area contributed by atoms with Gasteiger partial charge in [-0.3, -0.25) is 9.78 Å². The number of carbonyl (C=O) groups is 1. The molecule has 0 saturated carbocycles. The second kappa shape index (κ2) is 9.62. The molecule has 3 heterocycles. The minimum absolute atomic E-state index is 0.0214. The van der Waals surface area contributed by atoms with Crippen molar-refractivity contribution in [1.29, 1.82) is 0 Å². The number of pyridine rings is 1. The van der Waals surface area contributed by atoms with Gasteiger partial charge in [0.2, 0.25) is 11.8 Å². The first kappa shape index (κ1) is 22.2. The lowest BCUT2D eigenvalue weighted by atomic mass is 10.0. The molecule has 2 aromatic heterocycles. The van der Waals surface area contributed by atoms with Crippen LogP contribution in [-0.4, -0.2) is 34.8 Å². The van der Waals surface area contributed by atoms with E-state index in [1.165, 1.54) is 18.8 Å². The van der Waals surface area contributed by atoms with E-state index >= 15 is 0 Å². The maximum Gasteiger partial charge on any atom is 0.272 e. The molecule has 166 valence electrons. The highest BCUT2D eigenvalue weighted by Gasteiger charge is 2.23. The minimum atomic E-state index is -2.59. The second-order valence-corrected chi connectivity index (χ2v) is 7.73. The van der Waals surface area contributed by atoms with Gasteiger partial charge in [0.15, 0.2) is 18.8 Å². The van der Waals surface area contributed by atoms with E-state index in [0.29, 0.717) is 32.6 Å². The number of aromatic nitrogens is 2. The molecule has 1 aromatic carbocycles. The normalized spacial score (nSPS) is 13.6. The summed E-state index contributed by atoms with van der Waals surface area (Å²) in [5.74, 6) is 0.236. The number of ether oxygens (including phenoxy) is 1. The maximum atomic E-state index is 12.8. The summed E-state index contributed by atoms with van der Waals surface area (Å²) in [4.78, 5) is 25.1. The van der Waals surface area contributed by atoms with Crippen LogP contribution in [0.4, 0.5) is 8.78 Å². The van der Waals surface area contributed by atoms with Crippen molar-refractivity contribution in [1.82, 2.24) is 15.3 Å². The molecule has 0 radical (unpaired) electrons. The first-order valence-corrected chi connectivity index (χ1v) is 10.2. The fraction of sp³-hybridized carbons (Fsp3) is 0.238. The number of rotatable bonds is 7. The van der Waals surface area contributed by atoms with Gasteiger partial charge in [-0.25, -0.2) is 18.8 Å². The number of nitrogens with zero attached hydrogens (tertiary/aromatic N) is 3. The first-order valence-electron chi connectivity index (χ1n) is 9.47. The number of hydrogen-bond acceptors (Lipinski definition) is 6. The zero-order chi connectivity index (χ0) is 22.7. The van der Waals surface area contributed by atoms with Gasteiger partial charge in [0.1, 0.15) is 6.04 Å². The third-order valence-corrected chi connectivity index (χ3v) is 5.41. The largest absolute Gasteiger partial charge is 0.471 e. The Morgan fingerprint density at radius 3 is 2.78 bits per heavy atom. The molecule has 0 bridgehead atoms. The third-order valence-electron chi connectivity index (χ3n) is 4.68. The number of fused-ring (bicyclic) bond motifs is 1. The lowest BCUT2D eigenvalue weighted by Crippen LogP contribution is -2.30. The smallest absolute Gasteiger partial charge is 0.272 e. The molecule has 4 rings (SSSR count). The van der Waals surface area contributed by atoms with Crippen LogP contribution in [0.3, 0.4) is 0 Å². The lowest BCUT2D eigenvalue weighted by Gasteiger charge is -2.17. The lowest BCUT2D eigenvalue weighted by molar-refractivity contribution is -0.121. The standard InChI is InChI=1S/C21H16Cl2F2N4O3/c22-15-2-1-11(4-16(15)23)20(17-8-26-10-32-17)29-19(30)5-13-3-12-6-28-21(14(12)7-27-13)31-9-18(24)25/h1-4,7-8,10,18,20H,5-6,9H2,(H,29,30)/t20-/m1/s1. The molecule has 32 heavy (non-hydrogen) atoms. The monoisotopic (exact) mass is 480 g/mol. The predicted octanol–water partition coefficient (Wildman–Crippen LogP) is 4.37. The van der Waals surface area contributed by atoms with E-state index in [9.17, 15) is 13.6 Å². The average Bonchev–Trinajstić information content (AvgIpc) is 3.42. The molecule has 0 unspecified atom stereocenters. The highest BCUT2D eigenvalue weighted by atomic mass is 35.5. The fourth-order valence-corrected chi connectivity index (χ4v) is 3.54. The van der Waals surface area contributed by atoms with Crippen LogP contribution in [-0.2, 0) is 22.5 Å². The van der Waals surface area contributed by atoms with Crippen molar-refractivity contribution in [3.63, 3.8) is 0 Å². The van der Waals surface area contributed by atoms with Gasteiger partial charge in [0.25, 0.3) is 6.43 Å². The van der Waals surface area contributed by atoms with Gasteiger partial charge in [-0.05, 0) is 29.3 Å². The number of carbonyl (C=O) groups excluding carboxylic acids is 1. The van der Waals surface area contributed by atoms with Crippen LogP contribution in [0.5, 0.6) is 0 Å². The van der Waals surface area contributed by atoms with E-state index in [2.05, 4.69) is 20.3 Å². The summed E-state index contributed by atoms with van der Waals surface area (Å²) in [6, 6.07) is 6.08. The average molecular weight is 481 g/mol. The zero-order valence-electron chi connectivity index (χ0n) is 16.4. The summed E-state index contributed by atoms with van der Waals surface area (Å²) in [6.45, 7) is -0.463. The predicted molar refractivity (Wildman–Crippen MR) is 113 cm³/mol. The molecule has 0 fully saturated rings. The van der Waals surface area contributed by atoms with Crippen molar-refractivity contribution in [2.24, 2.45) is 4.99 Å². The maximum absolute atomic E-state index is 12.8. The van der Waals surface area contributed by atoms with Crippen LogP contribution < -0.4 is 5.32 Å². The number of benzene rings is 1. The van der Waals surface area contributed by atoms with Crippen molar-refractivity contribution >= 4 is 35.0 Å². The van der Waals surface area contributed by atoms with Crippen molar-refractivity contribution in [3.05, 3.63) is 81.2 Å². The van der Waals surface area contributed by atoms with Crippen molar-refractivity contribution in [2.45, 2.75) is 25.4 Å². The molecule has 3 aromatic rings. The Labute approximate surface area is 191 Å². The van der Waals surface area contributed by atoms with E-state index in [1.807, 2.05) is 0 Å². The van der Waals surface area contributed by atoms with Gasteiger partial charge in [0.05, 0.1) is 40.5 Å². The Kier molecular flexibility index (Phi) is 6.66. The molecule has 0 saturated heterocycles. The quantitative estimate of drug-likeness (QED) is 0.542. The minimum Gasteiger partial charge on any atom is -0.471 e. The van der Waals surface area contributed by atoms with Crippen LogP contribution in [0, 0.1) is 0 Å². The molecule has 1 aliphatic rings. The number of amides is 1. The summed E-state index contributed by atoms with van der Waals surface area (Å²) < 4.78 is 35.2. The number of hydrogen-bond donors (Lipinski definition) is 1. The molecule has 0 spiro atoms. The van der Waals surface area contributed by atoms with Crippen LogP contribution in [0.2, 0.25) is 10.0 Å². The Bertz CT molecular complexity index is 1160. The SMILES string of the molecule is O=C(Cc1cc2c(cn1)C(OCC(F)F)=NC2)N[C@H](c1ccc(Cl)c(Cl)c1)c1cnco1. The number of nitrogens with one attached hydrogen (secondary N) is 1. The summed E-state index contributed by atoms with van der Waals surface area (Å²) in [7, 11) is 0. The molecular weight excluding hydrogens is 465 g/mol. The second-order valence-electron chi connectivity index (χ2n) is 6.91. The molecule has 1 amide bonds.